The van der Waals surface area contributed by atoms with E-state index in [9.17, 15) is 12.8 Å². The number of hydrogen-bond donors (Lipinski definition) is 0. The van der Waals surface area contributed by atoms with Gasteiger partial charge in [-0.2, -0.15) is 0 Å². The van der Waals surface area contributed by atoms with Crippen molar-refractivity contribution in [1.82, 2.24) is 0 Å². The highest BCUT2D eigenvalue weighted by Crippen LogP contribution is 2.38. The second-order valence-corrected chi connectivity index (χ2v) is 10.8. The lowest BCUT2D eigenvalue weighted by Gasteiger charge is -2.28. The zero-order chi connectivity index (χ0) is 20.1. The van der Waals surface area contributed by atoms with Crippen LogP contribution in [-0.2, 0) is 15.6 Å². The van der Waals surface area contributed by atoms with Crippen molar-refractivity contribution in [3.63, 3.8) is 0 Å². The third-order valence-electron chi connectivity index (χ3n) is 5.10. The third kappa shape index (κ3) is 3.80. The maximum Gasteiger partial charge on any atom is 0.164 e. The summed E-state index contributed by atoms with van der Waals surface area (Å²) in [5.74, 6) is 0.357. The normalized spacial score (nSPS) is 23.0. The summed E-state index contributed by atoms with van der Waals surface area (Å²) < 4.78 is 37.7. The molecule has 0 radical (unpaired) electrons. The monoisotopic (exact) mass is 438 g/mol. The van der Waals surface area contributed by atoms with Crippen molar-refractivity contribution in [3.8, 4) is 0 Å². The molecule has 28 heavy (non-hydrogen) atoms. The fraction of sp³-hybridized carbons (Fsp3) is 0.350. The number of amidine groups is 1. The summed E-state index contributed by atoms with van der Waals surface area (Å²) in [6, 6.07) is 10.1. The van der Waals surface area contributed by atoms with Crippen LogP contribution in [0.1, 0.15) is 16.7 Å². The van der Waals surface area contributed by atoms with Gasteiger partial charge in [-0.1, -0.05) is 41.6 Å². The maximum absolute atomic E-state index is 13.3. The second kappa shape index (κ2) is 7.35. The van der Waals surface area contributed by atoms with Gasteiger partial charge in [0, 0.05) is 16.5 Å². The Kier molecular flexibility index (Phi) is 5.18. The Bertz CT molecular complexity index is 1070. The highest BCUT2D eigenvalue weighted by atomic mass is 35.5. The number of rotatable bonds is 3. The predicted molar refractivity (Wildman–Crippen MR) is 115 cm³/mol. The summed E-state index contributed by atoms with van der Waals surface area (Å²) in [6.45, 7) is 4.04. The summed E-state index contributed by atoms with van der Waals surface area (Å²) in [4.78, 5) is 6.81. The number of thioether (sulfide) groups is 1. The van der Waals surface area contributed by atoms with Crippen LogP contribution >= 0.6 is 23.4 Å². The Morgan fingerprint density at radius 3 is 2.75 bits per heavy atom. The summed E-state index contributed by atoms with van der Waals surface area (Å²) in [5.41, 5.74) is 3.99. The van der Waals surface area contributed by atoms with Gasteiger partial charge in [-0.25, -0.2) is 12.8 Å². The SMILES string of the molecule is Cc1ccc(C)c(N2C(SCc3ccc(F)cc3Cl)=N[C@@H]3CS(=O)(=O)C[C@H]32)c1. The van der Waals surface area contributed by atoms with Gasteiger partial charge >= 0.3 is 0 Å². The molecule has 0 saturated carbocycles. The minimum atomic E-state index is -3.09. The smallest absolute Gasteiger partial charge is 0.164 e. The van der Waals surface area contributed by atoms with Gasteiger partial charge in [-0.05, 0) is 48.7 Å². The molecule has 8 heteroatoms. The van der Waals surface area contributed by atoms with Crippen LogP contribution in [-0.4, -0.2) is 37.2 Å². The molecule has 0 aromatic heterocycles. The first kappa shape index (κ1) is 19.7. The van der Waals surface area contributed by atoms with E-state index in [1.54, 1.807) is 6.07 Å². The van der Waals surface area contributed by atoms with E-state index in [0.717, 1.165) is 27.5 Å². The van der Waals surface area contributed by atoms with E-state index in [1.807, 2.05) is 26.0 Å². The van der Waals surface area contributed by atoms with Crippen LogP contribution in [0.15, 0.2) is 41.4 Å². The van der Waals surface area contributed by atoms with Crippen molar-refractivity contribution in [2.45, 2.75) is 31.7 Å². The fourth-order valence-electron chi connectivity index (χ4n) is 3.67. The molecule has 2 aromatic carbocycles. The Morgan fingerprint density at radius 1 is 1.21 bits per heavy atom. The molecule has 0 aliphatic carbocycles. The Balaban J connectivity index is 1.66. The summed E-state index contributed by atoms with van der Waals surface area (Å²) >= 11 is 7.67. The molecule has 1 fully saturated rings. The van der Waals surface area contributed by atoms with Gasteiger partial charge in [0.15, 0.2) is 15.0 Å². The van der Waals surface area contributed by atoms with E-state index >= 15 is 0 Å². The Morgan fingerprint density at radius 2 is 2.00 bits per heavy atom. The van der Waals surface area contributed by atoms with Crippen LogP contribution in [0.3, 0.4) is 0 Å². The number of aryl methyl sites for hydroxylation is 2. The largest absolute Gasteiger partial charge is 0.315 e. The van der Waals surface area contributed by atoms with Gasteiger partial charge < -0.3 is 4.90 Å². The molecule has 4 nitrogen and oxygen atoms in total. The molecule has 0 spiro atoms. The third-order valence-corrected chi connectivity index (χ3v) is 8.17. The minimum Gasteiger partial charge on any atom is -0.315 e. The fourth-order valence-corrected chi connectivity index (χ4v) is 6.95. The van der Waals surface area contributed by atoms with E-state index in [-0.39, 0.29) is 29.4 Å². The van der Waals surface area contributed by atoms with Crippen molar-refractivity contribution in [2.24, 2.45) is 4.99 Å². The summed E-state index contributed by atoms with van der Waals surface area (Å²) in [7, 11) is -3.09. The molecule has 4 rings (SSSR count). The van der Waals surface area contributed by atoms with Gasteiger partial charge in [-0.15, -0.1) is 0 Å². The van der Waals surface area contributed by atoms with Gasteiger partial charge in [-0.3, -0.25) is 4.99 Å². The van der Waals surface area contributed by atoms with Gasteiger partial charge in [0.25, 0.3) is 0 Å². The molecule has 2 atom stereocenters. The number of hydrogen-bond acceptors (Lipinski definition) is 5. The molecule has 2 heterocycles. The molecule has 2 aliphatic heterocycles. The number of sulfone groups is 1. The quantitative estimate of drug-likeness (QED) is 0.713. The minimum absolute atomic E-state index is 0.0837. The summed E-state index contributed by atoms with van der Waals surface area (Å²) in [5, 5.41) is 1.17. The molecule has 0 amide bonds. The van der Waals surface area contributed by atoms with Crippen molar-refractivity contribution in [2.75, 3.05) is 16.4 Å². The van der Waals surface area contributed by atoms with E-state index in [4.69, 9.17) is 16.6 Å². The molecule has 148 valence electrons. The van der Waals surface area contributed by atoms with Crippen molar-refractivity contribution >= 4 is 44.1 Å². The lowest BCUT2D eigenvalue weighted by Crippen LogP contribution is -2.39. The lowest BCUT2D eigenvalue weighted by molar-refractivity contribution is 0.601. The van der Waals surface area contributed by atoms with E-state index in [1.165, 1.54) is 23.9 Å². The zero-order valence-electron chi connectivity index (χ0n) is 15.5. The van der Waals surface area contributed by atoms with Crippen molar-refractivity contribution in [3.05, 3.63) is 63.9 Å². The first-order valence-electron chi connectivity index (χ1n) is 8.95. The van der Waals surface area contributed by atoms with Crippen LogP contribution in [0.4, 0.5) is 10.1 Å². The highest BCUT2D eigenvalue weighted by Gasteiger charge is 2.47. The lowest BCUT2D eigenvalue weighted by atomic mass is 10.1. The van der Waals surface area contributed by atoms with Gasteiger partial charge in [0.1, 0.15) is 5.82 Å². The van der Waals surface area contributed by atoms with Crippen LogP contribution in [0.25, 0.3) is 0 Å². The average Bonchev–Trinajstić information content (AvgIpc) is 3.07. The highest BCUT2D eigenvalue weighted by molar-refractivity contribution is 8.13. The molecule has 0 bridgehead atoms. The molecule has 0 unspecified atom stereocenters. The molecular formula is C20H20ClFN2O2S2. The van der Waals surface area contributed by atoms with E-state index in [0.29, 0.717) is 10.8 Å². The molecule has 2 aliphatic rings. The zero-order valence-corrected chi connectivity index (χ0v) is 17.9. The number of nitrogens with zero attached hydrogens (tertiary/aromatic N) is 2. The molecule has 2 aromatic rings. The predicted octanol–water partition coefficient (Wildman–Crippen LogP) is 4.37. The number of anilines is 1. The topological polar surface area (TPSA) is 49.7 Å². The molecular weight excluding hydrogens is 419 g/mol. The number of aliphatic imine (C=N–C) groups is 1. The van der Waals surface area contributed by atoms with Crippen LogP contribution in [0.5, 0.6) is 0 Å². The standard InChI is InChI=1S/C20H20ClFN2O2S2/c1-12-3-4-13(2)18(7-12)24-19-11-28(25,26)10-17(19)23-20(24)27-9-14-5-6-15(22)8-16(14)21/h3-8,17,19H,9-11H2,1-2H3/t17-,19-/m1/s1. The maximum atomic E-state index is 13.3. The Hall–Kier alpha value is -1.57. The first-order valence-corrected chi connectivity index (χ1v) is 12.1. The first-order chi connectivity index (χ1) is 13.2. The van der Waals surface area contributed by atoms with Crippen LogP contribution in [0.2, 0.25) is 5.02 Å². The Labute approximate surface area is 173 Å². The van der Waals surface area contributed by atoms with E-state index < -0.39 is 9.84 Å². The molecule has 0 N–H and O–H groups in total. The number of benzene rings is 2. The van der Waals surface area contributed by atoms with Crippen molar-refractivity contribution < 1.29 is 12.8 Å². The van der Waals surface area contributed by atoms with Crippen LogP contribution < -0.4 is 4.90 Å². The number of fused-ring (bicyclic) bond motifs is 1. The molecule has 1 saturated heterocycles. The average molecular weight is 439 g/mol. The number of halogens is 2. The van der Waals surface area contributed by atoms with Gasteiger partial charge in [0.05, 0.1) is 23.6 Å². The van der Waals surface area contributed by atoms with E-state index in [2.05, 4.69) is 11.0 Å². The van der Waals surface area contributed by atoms with Crippen molar-refractivity contribution in [1.29, 1.82) is 0 Å². The van der Waals surface area contributed by atoms with Gasteiger partial charge in [0.2, 0.25) is 0 Å². The second-order valence-electron chi connectivity index (χ2n) is 7.31. The summed E-state index contributed by atoms with van der Waals surface area (Å²) in [6.07, 6.45) is 0. The van der Waals surface area contributed by atoms with Crippen LogP contribution in [0, 0.1) is 19.7 Å².